The van der Waals surface area contributed by atoms with Crippen molar-refractivity contribution in [2.45, 2.75) is 32.2 Å². The van der Waals surface area contributed by atoms with Gasteiger partial charge in [0.05, 0.1) is 18.3 Å². The van der Waals surface area contributed by atoms with Crippen molar-refractivity contribution in [1.82, 2.24) is 9.97 Å². The van der Waals surface area contributed by atoms with Gasteiger partial charge in [-0.2, -0.15) is 0 Å². The molecule has 1 unspecified atom stereocenters. The van der Waals surface area contributed by atoms with E-state index in [0.717, 1.165) is 0 Å². The molecule has 0 aromatic carbocycles. The van der Waals surface area contributed by atoms with Crippen LogP contribution >= 0.6 is 23.2 Å². The van der Waals surface area contributed by atoms with Crippen LogP contribution in [-0.2, 0) is 9.47 Å². The van der Waals surface area contributed by atoms with Crippen molar-refractivity contribution in [3.05, 3.63) is 15.9 Å². The Hall–Kier alpha value is -0.950. The molecule has 19 heavy (non-hydrogen) atoms. The molecular weight excluding hydrogens is 293 g/mol. The average Bonchev–Trinajstić information content (AvgIpc) is 2.56. The molecule has 1 atom stereocenters. The molecule has 1 saturated heterocycles. The molecule has 1 fully saturated rings. The first kappa shape index (κ1) is 14.5. The molecule has 0 radical (unpaired) electrons. The van der Waals surface area contributed by atoms with E-state index in [-0.39, 0.29) is 40.1 Å². The zero-order chi connectivity index (χ0) is 14.2. The molecule has 1 aromatic rings. The van der Waals surface area contributed by atoms with Crippen molar-refractivity contribution >= 4 is 34.9 Å². The van der Waals surface area contributed by atoms with Crippen LogP contribution in [0.2, 0.25) is 10.3 Å². The third kappa shape index (κ3) is 3.33. The summed E-state index contributed by atoms with van der Waals surface area (Å²) in [4.78, 5) is 19.6. The van der Waals surface area contributed by atoms with Crippen LogP contribution in [0.4, 0.5) is 5.95 Å². The lowest BCUT2D eigenvalue weighted by atomic mass is 10.1. The molecule has 0 spiro atoms. The molecule has 8 heteroatoms. The monoisotopic (exact) mass is 305 g/mol. The number of nitrogen functional groups attached to an aromatic ring is 1. The molecule has 1 aliphatic rings. The summed E-state index contributed by atoms with van der Waals surface area (Å²) in [6, 6.07) is 0. The van der Waals surface area contributed by atoms with Crippen LogP contribution in [0.5, 0.6) is 0 Å². The summed E-state index contributed by atoms with van der Waals surface area (Å²) in [7, 11) is 0. The highest BCUT2D eigenvalue weighted by Gasteiger charge is 2.34. The van der Waals surface area contributed by atoms with E-state index in [9.17, 15) is 4.79 Å². The Morgan fingerprint density at radius 1 is 1.42 bits per heavy atom. The average molecular weight is 306 g/mol. The van der Waals surface area contributed by atoms with Crippen molar-refractivity contribution < 1.29 is 14.3 Å². The minimum Gasteiger partial charge on any atom is -0.368 e. The zero-order valence-corrected chi connectivity index (χ0v) is 12.0. The summed E-state index contributed by atoms with van der Waals surface area (Å²) in [6.07, 6.45) is -0.247. The molecule has 0 amide bonds. The summed E-state index contributed by atoms with van der Waals surface area (Å²) in [5.74, 6) is -1.06. The van der Waals surface area contributed by atoms with E-state index in [1.807, 2.05) is 0 Å². The third-order valence-electron chi connectivity index (χ3n) is 2.60. The number of aromatic nitrogens is 2. The normalized spacial score (nSPS) is 21.6. The van der Waals surface area contributed by atoms with Gasteiger partial charge in [-0.3, -0.25) is 4.79 Å². The lowest BCUT2D eigenvalue weighted by Gasteiger charge is -2.16. The predicted molar refractivity (Wildman–Crippen MR) is 70.3 cm³/mol. The second-order valence-electron chi connectivity index (χ2n) is 4.62. The molecule has 104 valence electrons. The largest absolute Gasteiger partial charge is 0.368 e. The zero-order valence-electron chi connectivity index (χ0n) is 10.4. The summed E-state index contributed by atoms with van der Waals surface area (Å²) < 4.78 is 10.9. The Balaban J connectivity index is 2.13. The van der Waals surface area contributed by atoms with Gasteiger partial charge in [0.1, 0.15) is 10.3 Å². The van der Waals surface area contributed by atoms with E-state index in [4.69, 9.17) is 38.4 Å². The minimum absolute atomic E-state index is 0.0549. The van der Waals surface area contributed by atoms with Gasteiger partial charge in [-0.05, 0) is 13.8 Å². The summed E-state index contributed by atoms with van der Waals surface area (Å²) in [6.45, 7) is 3.90. The van der Waals surface area contributed by atoms with Gasteiger partial charge in [-0.1, -0.05) is 23.2 Å². The van der Waals surface area contributed by atoms with E-state index in [2.05, 4.69) is 9.97 Å². The maximum atomic E-state index is 12.1. The molecular formula is C11H13Cl2N3O3. The lowest BCUT2D eigenvalue weighted by molar-refractivity contribution is -0.137. The molecule has 1 aliphatic heterocycles. The van der Waals surface area contributed by atoms with Crippen LogP contribution in [-0.4, -0.2) is 34.2 Å². The number of carbonyl (C=O) groups excluding carboxylic acids is 1. The van der Waals surface area contributed by atoms with Gasteiger partial charge in [0.15, 0.2) is 11.6 Å². The first-order valence-electron chi connectivity index (χ1n) is 5.62. The summed E-state index contributed by atoms with van der Waals surface area (Å²) >= 11 is 11.7. The van der Waals surface area contributed by atoms with E-state index in [1.54, 1.807) is 13.8 Å². The number of Topliss-reactive ketones (excluding diaryl/α,β-unsaturated/α-hetero) is 1. The fourth-order valence-electron chi connectivity index (χ4n) is 1.83. The lowest BCUT2D eigenvalue weighted by Crippen LogP contribution is -2.23. The standard InChI is InChI=1S/C11H13Cl2N3O3/c1-11(2)18-4-5(19-11)3-6(17)7-8(12)15-10(14)16-9(7)13/h5H,3-4H2,1-2H3,(H2,14,15,16). The van der Waals surface area contributed by atoms with Gasteiger partial charge in [-0.15, -0.1) is 0 Å². The van der Waals surface area contributed by atoms with Gasteiger partial charge in [0, 0.05) is 6.42 Å². The van der Waals surface area contributed by atoms with E-state index in [1.165, 1.54) is 0 Å². The molecule has 1 aromatic heterocycles. The fraction of sp³-hybridized carbons (Fsp3) is 0.545. The molecule has 0 aliphatic carbocycles. The van der Waals surface area contributed by atoms with Gasteiger partial charge >= 0.3 is 0 Å². The number of ether oxygens (including phenoxy) is 2. The number of rotatable bonds is 3. The summed E-state index contributed by atoms with van der Waals surface area (Å²) in [5, 5.41) is -0.110. The third-order valence-corrected chi connectivity index (χ3v) is 3.14. The molecule has 2 heterocycles. The van der Waals surface area contributed by atoms with Crippen LogP contribution < -0.4 is 5.73 Å². The molecule has 2 N–H and O–H groups in total. The van der Waals surface area contributed by atoms with Crippen molar-refractivity contribution in [3.8, 4) is 0 Å². The first-order valence-corrected chi connectivity index (χ1v) is 6.37. The highest BCUT2D eigenvalue weighted by Crippen LogP contribution is 2.28. The molecule has 2 rings (SSSR count). The molecule has 6 nitrogen and oxygen atoms in total. The highest BCUT2D eigenvalue weighted by molar-refractivity contribution is 6.38. The van der Waals surface area contributed by atoms with Crippen LogP contribution in [0.15, 0.2) is 0 Å². The number of anilines is 1. The van der Waals surface area contributed by atoms with Gasteiger partial charge < -0.3 is 15.2 Å². The van der Waals surface area contributed by atoms with Crippen LogP contribution in [0.25, 0.3) is 0 Å². The number of nitrogens with two attached hydrogens (primary N) is 1. The Morgan fingerprint density at radius 3 is 2.47 bits per heavy atom. The van der Waals surface area contributed by atoms with Gasteiger partial charge in [0.2, 0.25) is 5.95 Å². The number of ketones is 1. The van der Waals surface area contributed by atoms with Crippen molar-refractivity contribution in [3.63, 3.8) is 0 Å². The number of hydrogen-bond donors (Lipinski definition) is 1. The van der Waals surface area contributed by atoms with Crippen LogP contribution in [0, 0.1) is 0 Å². The first-order chi connectivity index (χ1) is 8.78. The SMILES string of the molecule is CC1(C)OCC(CC(=O)c2c(Cl)nc(N)nc2Cl)O1. The summed E-state index contributed by atoms with van der Waals surface area (Å²) in [5.41, 5.74) is 5.44. The second kappa shape index (κ2) is 5.20. The van der Waals surface area contributed by atoms with E-state index >= 15 is 0 Å². The maximum absolute atomic E-state index is 12.1. The Kier molecular flexibility index (Phi) is 3.96. The fourth-order valence-corrected chi connectivity index (χ4v) is 2.44. The second-order valence-corrected chi connectivity index (χ2v) is 5.33. The van der Waals surface area contributed by atoms with Crippen LogP contribution in [0.1, 0.15) is 30.6 Å². The van der Waals surface area contributed by atoms with Crippen molar-refractivity contribution in [2.75, 3.05) is 12.3 Å². The number of nitrogens with zero attached hydrogens (tertiary/aromatic N) is 2. The minimum atomic E-state index is -0.684. The van der Waals surface area contributed by atoms with E-state index in [0.29, 0.717) is 6.61 Å². The number of halogens is 2. The van der Waals surface area contributed by atoms with Gasteiger partial charge in [-0.25, -0.2) is 9.97 Å². The quantitative estimate of drug-likeness (QED) is 0.679. The van der Waals surface area contributed by atoms with E-state index < -0.39 is 5.79 Å². The maximum Gasteiger partial charge on any atom is 0.222 e. The molecule has 0 bridgehead atoms. The Morgan fingerprint density at radius 2 is 2.00 bits per heavy atom. The van der Waals surface area contributed by atoms with Gasteiger partial charge in [0.25, 0.3) is 0 Å². The number of carbonyl (C=O) groups is 1. The smallest absolute Gasteiger partial charge is 0.222 e. The topological polar surface area (TPSA) is 87.3 Å². The van der Waals surface area contributed by atoms with Crippen molar-refractivity contribution in [2.24, 2.45) is 0 Å². The Labute approximate surface area is 120 Å². The Bertz CT molecular complexity index is 499. The van der Waals surface area contributed by atoms with Crippen molar-refractivity contribution in [1.29, 1.82) is 0 Å². The number of hydrogen-bond acceptors (Lipinski definition) is 6. The van der Waals surface area contributed by atoms with Crippen LogP contribution in [0.3, 0.4) is 0 Å². The highest BCUT2D eigenvalue weighted by atomic mass is 35.5. The predicted octanol–water partition coefficient (Wildman–Crippen LogP) is 2.09. The molecule has 0 saturated carbocycles.